The number of amides is 1. The van der Waals surface area contributed by atoms with E-state index in [0.717, 1.165) is 17.5 Å². The van der Waals surface area contributed by atoms with Gasteiger partial charge < -0.3 is 4.90 Å². The Morgan fingerprint density at radius 1 is 1.41 bits per heavy atom. The maximum Gasteiger partial charge on any atom is 0.254 e. The lowest BCUT2D eigenvalue weighted by molar-refractivity contribution is 0.0704. The Morgan fingerprint density at radius 2 is 2.12 bits per heavy atom. The molecule has 0 saturated heterocycles. The summed E-state index contributed by atoms with van der Waals surface area (Å²) in [5.41, 5.74) is 1.96. The van der Waals surface area contributed by atoms with Gasteiger partial charge in [-0.1, -0.05) is 28.8 Å². The highest BCUT2D eigenvalue weighted by Gasteiger charge is 2.30. The Morgan fingerprint density at radius 3 is 2.71 bits per heavy atom. The molecule has 4 heteroatoms. The van der Waals surface area contributed by atoms with E-state index in [-0.39, 0.29) is 5.91 Å². The monoisotopic (exact) mass is 315 g/mol. The van der Waals surface area contributed by atoms with Crippen molar-refractivity contribution in [1.82, 2.24) is 4.90 Å². The van der Waals surface area contributed by atoms with Crippen LogP contribution < -0.4 is 0 Å². The smallest absolute Gasteiger partial charge is 0.254 e. The lowest BCUT2D eigenvalue weighted by Crippen LogP contribution is -2.44. The van der Waals surface area contributed by atoms with Gasteiger partial charge in [0.15, 0.2) is 0 Å². The number of carbonyl (C=O) groups is 1. The third kappa shape index (κ3) is 2.74. The van der Waals surface area contributed by atoms with E-state index in [9.17, 15) is 4.79 Å². The fourth-order valence-electron chi connectivity index (χ4n) is 2.42. The second kappa shape index (κ2) is 5.53. The van der Waals surface area contributed by atoms with E-state index in [2.05, 4.69) is 15.9 Å². The molecule has 1 aromatic rings. The van der Waals surface area contributed by atoms with Gasteiger partial charge in [0.25, 0.3) is 5.91 Å². The molecule has 0 aliphatic heterocycles. The van der Waals surface area contributed by atoms with E-state index in [0.29, 0.717) is 10.9 Å². The number of hydrogen-bond acceptors (Lipinski definition) is 2. The summed E-state index contributed by atoms with van der Waals surface area (Å²) in [7, 11) is 1.93. The van der Waals surface area contributed by atoms with Gasteiger partial charge >= 0.3 is 0 Å². The van der Waals surface area contributed by atoms with Crippen LogP contribution in [0.3, 0.4) is 0 Å². The summed E-state index contributed by atoms with van der Waals surface area (Å²) in [6, 6.07) is 0.343. The Labute approximate surface area is 115 Å². The first-order valence-corrected chi connectivity index (χ1v) is 7.91. The molecule has 0 aromatic carbocycles. The Hall–Kier alpha value is -0.350. The summed E-state index contributed by atoms with van der Waals surface area (Å²) in [6.07, 6.45) is 4.78. The first kappa shape index (κ1) is 13.1. The van der Waals surface area contributed by atoms with Gasteiger partial charge in [0, 0.05) is 23.3 Å². The van der Waals surface area contributed by atoms with Crippen LogP contribution in [0.25, 0.3) is 0 Å². The normalized spacial score (nSPS) is 24.6. The van der Waals surface area contributed by atoms with E-state index < -0.39 is 0 Å². The summed E-state index contributed by atoms with van der Waals surface area (Å²) in [5.74, 6) is 0.167. The van der Waals surface area contributed by atoms with E-state index >= 15 is 0 Å². The molecule has 0 bridgehead atoms. The number of carbonyl (C=O) groups excluding carboxylic acids is 1. The van der Waals surface area contributed by atoms with Crippen LogP contribution >= 0.6 is 27.3 Å². The highest BCUT2D eigenvalue weighted by atomic mass is 79.9. The molecule has 0 spiro atoms. The fraction of sp³-hybridized carbons (Fsp3) is 0.615. The van der Waals surface area contributed by atoms with Crippen LogP contribution in [0.5, 0.6) is 0 Å². The van der Waals surface area contributed by atoms with Gasteiger partial charge in [-0.15, -0.1) is 0 Å². The fourth-order valence-corrected chi connectivity index (χ4v) is 4.19. The summed E-state index contributed by atoms with van der Waals surface area (Å²) in [4.78, 5) is 14.8. The number of thiophene rings is 1. The van der Waals surface area contributed by atoms with Crippen LogP contribution in [0, 0.1) is 6.92 Å². The molecule has 0 radical (unpaired) electrons. The van der Waals surface area contributed by atoms with Crippen LogP contribution in [0.1, 0.15) is 41.6 Å². The van der Waals surface area contributed by atoms with Gasteiger partial charge in [0.05, 0.1) is 5.56 Å². The van der Waals surface area contributed by atoms with E-state index in [1.54, 1.807) is 11.3 Å². The molecule has 2 unspecified atom stereocenters. The van der Waals surface area contributed by atoms with Gasteiger partial charge in [-0.3, -0.25) is 4.79 Å². The van der Waals surface area contributed by atoms with E-state index in [1.165, 1.54) is 19.3 Å². The first-order chi connectivity index (χ1) is 8.11. The molecule has 1 amide bonds. The minimum atomic E-state index is 0.167. The first-order valence-electron chi connectivity index (χ1n) is 6.05. The molecule has 1 heterocycles. The maximum atomic E-state index is 12.4. The third-order valence-corrected chi connectivity index (χ3v) is 5.48. The average Bonchev–Trinajstić information content (AvgIpc) is 2.74. The van der Waals surface area contributed by atoms with Crippen LogP contribution in [0.2, 0.25) is 0 Å². The molecule has 2 rings (SSSR count). The van der Waals surface area contributed by atoms with Crippen molar-refractivity contribution in [1.29, 1.82) is 0 Å². The molecule has 0 N–H and O–H groups in total. The lowest BCUT2D eigenvalue weighted by atomic mass is 9.94. The van der Waals surface area contributed by atoms with Gasteiger partial charge in [-0.25, -0.2) is 0 Å². The zero-order chi connectivity index (χ0) is 12.4. The Bertz CT molecular complexity index is 404. The highest BCUT2D eigenvalue weighted by molar-refractivity contribution is 9.09. The predicted octanol–water partition coefficient (Wildman–Crippen LogP) is 3.83. The van der Waals surface area contributed by atoms with Gasteiger partial charge in [-0.2, -0.15) is 11.3 Å². The molecular formula is C13H18BrNOS. The molecule has 2 atom stereocenters. The minimum absolute atomic E-state index is 0.167. The summed E-state index contributed by atoms with van der Waals surface area (Å²) in [6.45, 7) is 2.00. The van der Waals surface area contributed by atoms with Crippen molar-refractivity contribution in [2.75, 3.05) is 7.05 Å². The Kier molecular flexibility index (Phi) is 4.26. The van der Waals surface area contributed by atoms with Gasteiger partial charge in [0.1, 0.15) is 0 Å². The van der Waals surface area contributed by atoms with Crippen molar-refractivity contribution in [3.8, 4) is 0 Å². The molecule has 1 aliphatic rings. The van der Waals surface area contributed by atoms with Gasteiger partial charge in [0.2, 0.25) is 0 Å². The number of aryl methyl sites for hydroxylation is 1. The van der Waals surface area contributed by atoms with Crippen LogP contribution in [-0.2, 0) is 0 Å². The molecule has 1 aromatic heterocycles. The van der Waals surface area contributed by atoms with Crippen molar-refractivity contribution >= 4 is 33.2 Å². The minimum Gasteiger partial charge on any atom is -0.338 e. The zero-order valence-electron chi connectivity index (χ0n) is 10.3. The summed E-state index contributed by atoms with van der Waals surface area (Å²) in [5, 5.41) is 3.99. The van der Waals surface area contributed by atoms with Crippen molar-refractivity contribution in [3.05, 3.63) is 21.9 Å². The van der Waals surface area contributed by atoms with Crippen LogP contribution in [-0.4, -0.2) is 28.7 Å². The van der Waals surface area contributed by atoms with Crippen molar-refractivity contribution in [3.63, 3.8) is 0 Å². The van der Waals surface area contributed by atoms with Crippen LogP contribution in [0.15, 0.2) is 10.8 Å². The van der Waals surface area contributed by atoms with E-state index in [4.69, 9.17) is 0 Å². The average molecular weight is 316 g/mol. The van der Waals surface area contributed by atoms with Gasteiger partial charge in [-0.05, 0) is 30.7 Å². The van der Waals surface area contributed by atoms with Crippen molar-refractivity contribution < 1.29 is 4.79 Å². The van der Waals surface area contributed by atoms with Crippen molar-refractivity contribution in [2.45, 2.75) is 43.5 Å². The van der Waals surface area contributed by atoms with E-state index in [1.807, 2.05) is 29.6 Å². The van der Waals surface area contributed by atoms with Crippen molar-refractivity contribution in [2.24, 2.45) is 0 Å². The molecule has 17 heavy (non-hydrogen) atoms. The Balaban J connectivity index is 2.11. The molecule has 94 valence electrons. The quantitative estimate of drug-likeness (QED) is 0.759. The molecule has 1 aliphatic carbocycles. The number of halogens is 1. The number of nitrogens with zero attached hydrogens (tertiary/aromatic N) is 1. The highest BCUT2D eigenvalue weighted by Crippen LogP contribution is 2.29. The maximum absolute atomic E-state index is 12.4. The number of rotatable bonds is 2. The SMILES string of the molecule is Cc1cscc1C(=O)N(C)C1CCCCC1Br. The second-order valence-corrected chi connectivity index (χ2v) is 6.67. The van der Waals surface area contributed by atoms with Crippen LogP contribution in [0.4, 0.5) is 0 Å². The number of alkyl halides is 1. The molecule has 1 saturated carbocycles. The topological polar surface area (TPSA) is 20.3 Å². The molecular weight excluding hydrogens is 298 g/mol. The second-order valence-electron chi connectivity index (χ2n) is 4.75. The standard InChI is InChI=1S/C13H18BrNOS/c1-9-7-17-8-10(9)13(16)15(2)12-6-4-3-5-11(12)14/h7-8,11-12H,3-6H2,1-2H3. The molecule has 2 nitrogen and oxygen atoms in total. The predicted molar refractivity (Wildman–Crippen MR) is 76.1 cm³/mol. The number of hydrogen-bond donors (Lipinski definition) is 0. The zero-order valence-corrected chi connectivity index (χ0v) is 12.7. The molecule has 1 fully saturated rings. The third-order valence-electron chi connectivity index (χ3n) is 3.55. The lowest BCUT2D eigenvalue weighted by Gasteiger charge is -2.35. The largest absolute Gasteiger partial charge is 0.338 e. The summed E-state index contributed by atoms with van der Waals surface area (Å²) >= 11 is 5.31. The summed E-state index contributed by atoms with van der Waals surface area (Å²) < 4.78 is 0.